The van der Waals surface area contributed by atoms with Crippen LogP contribution in [0.4, 0.5) is 0 Å². The van der Waals surface area contributed by atoms with E-state index in [0.29, 0.717) is 0 Å². The molecule has 2 aromatic rings. The molecular formula is C9H11N3S2. The van der Waals surface area contributed by atoms with Crippen LogP contribution in [0.2, 0.25) is 0 Å². The summed E-state index contributed by atoms with van der Waals surface area (Å²) < 4.78 is 3.80. The summed E-state index contributed by atoms with van der Waals surface area (Å²) in [7, 11) is 0. The van der Waals surface area contributed by atoms with E-state index in [0.717, 1.165) is 25.2 Å². The topological polar surface area (TPSA) is 37.8 Å². The van der Waals surface area contributed by atoms with Crippen LogP contribution in [0.15, 0.2) is 22.2 Å². The Bertz CT molecular complexity index is 306. The number of aromatic nitrogens is 2. The van der Waals surface area contributed by atoms with E-state index in [9.17, 15) is 0 Å². The second-order valence-corrected chi connectivity index (χ2v) is 4.34. The van der Waals surface area contributed by atoms with Gasteiger partial charge in [-0.25, -0.2) is 0 Å². The van der Waals surface area contributed by atoms with E-state index in [1.807, 2.05) is 5.38 Å². The predicted molar refractivity (Wildman–Crippen MR) is 59.6 cm³/mol. The first-order valence-electron chi connectivity index (χ1n) is 4.43. The van der Waals surface area contributed by atoms with E-state index in [2.05, 4.69) is 31.7 Å². The first-order valence-corrected chi connectivity index (χ1v) is 6.21. The highest BCUT2D eigenvalue weighted by atomic mass is 32.1. The van der Waals surface area contributed by atoms with Gasteiger partial charge in [0, 0.05) is 11.9 Å². The number of hydrogen-bond donors (Lipinski definition) is 1. The zero-order chi connectivity index (χ0) is 9.64. The van der Waals surface area contributed by atoms with Gasteiger partial charge in [0.2, 0.25) is 0 Å². The largest absolute Gasteiger partial charge is 0.311 e. The fourth-order valence-electron chi connectivity index (χ4n) is 1.15. The summed E-state index contributed by atoms with van der Waals surface area (Å²) in [6, 6.07) is 2.16. The van der Waals surface area contributed by atoms with Gasteiger partial charge in [-0.3, -0.25) is 0 Å². The van der Waals surface area contributed by atoms with Crippen LogP contribution in [0.25, 0.3) is 0 Å². The first-order chi connectivity index (χ1) is 6.95. The quantitative estimate of drug-likeness (QED) is 0.790. The van der Waals surface area contributed by atoms with Crippen molar-refractivity contribution in [1.82, 2.24) is 14.9 Å². The lowest BCUT2D eigenvalue weighted by atomic mass is 10.2. The van der Waals surface area contributed by atoms with Gasteiger partial charge in [-0.05, 0) is 46.9 Å². The van der Waals surface area contributed by atoms with E-state index in [4.69, 9.17) is 0 Å². The summed E-state index contributed by atoms with van der Waals surface area (Å²) in [5.74, 6) is 0. The number of nitrogens with zero attached hydrogens (tertiary/aromatic N) is 2. The molecule has 2 rings (SSSR count). The molecule has 74 valence electrons. The molecule has 0 atom stereocenters. The summed E-state index contributed by atoms with van der Waals surface area (Å²) in [6.07, 6.45) is 1.08. The average molecular weight is 225 g/mol. The summed E-state index contributed by atoms with van der Waals surface area (Å²) in [4.78, 5) is 0. The normalized spacial score (nSPS) is 10.6. The number of hydrogen-bond acceptors (Lipinski definition) is 5. The Kier molecular flexibility index (Phi) is 3.62. The summed E-state index contributed by atoms with van der Waals surface area (Å²) in [5.41, 5.74) is 2.43. The van der Waals surface area contributed by atoms with Crippen LogP contribution in [0, 0.1) is 0 Å². The highest BCUT2D eigenvalue weighted by Crippen LogP contribution is 2.05. The molecule has 5 heteroatoms. The van der Waals surface area contributed by atoms with Gasteiger partial charge in [-0.1, -0.05) is 4.49 Å². The molecule has 0 unspecified atom stereocenters. The second-order valence-electron chi connectivity index (χ2n) is 2.95. The van der Waals surface area contributed by atoms with Crippen LogP contribution in [0.3, 0.4) is 0 Å². The standard InChI is InChI=1S/C9H11N3S2/c1(8-2-4-13-6-8)3-10-5-9-7-14-12-11-9/h2,4,6-7,10H,1,3,5H2. The first kappa shape index (κ1) is 9.76. The SMILES string of the molecule is c1cc(CCNCc2csnn2)cs1. The molecule has 0 saturated heterocycles. The lowest BCUT2D eigenvalue weighted by Crippen LogP contribution is -2.16. The zero-order valence-electron chi connectivity index (χ0n) is 7.64. The van der Waals surface area contributed by atoms with Crippen molar-refractivity contribution in [2.45, 2.75) is 13.0 Å². The Hall–Kier alpha value is -0.780. The third-order valence-electron chi connectivity index (χ3n) is 1.88. The van der Waals surface area contributed by atoms with E-state index in [1.165, 1.54) is 17.1 Å². The van der Waals surface area contributed by atoms with Gasteiger partial charge in [0.05, 0.1) is 5.69 Å². The number of nitrogens with one attached hydrogen (secondary N) is 1. The molecule has 0 spiro atoms. The third kappa shape index (κ3) is 2.87. The summed E-state index contributed by atoms with van der Waals surface area (Å²) in [5, 5.41) is 13.6. The van der Waals surface area contributed by atoms with Crippen molar-refractivity contribution >= 4 is 22.9 Å². The smallest absolute Gasteiger partial charge is 0.0893 e. The van der Waals surface area contributed by atoms with E-state index in [-0.39, 0.29) is 0 Å². The van der Waals surface area contributed by atoms with Crippen molar-refractivity contribution in [3.8, 4) is 0 Å². The van der Waals surface area contributed by atoms with Crippen LogP contribution in [-0.4, -0.2) is 16.1 Å². The number of rotatable bonds is 5. The Morgan fingerprint density at radius 1 is 1.36 bits per heavy atom. The lowest BCUT2D eigenvalue weighted by Gasteiger charge is -1.99. The molecule has 2 heterocycles. The molecule has 0 aliphatic carbocycles. The van der Waals surface area contributed by atoms with E-state index < -0.39 is 0 Å². The highest BCUT2D eigenvalue weighted by molar-refractivity contribution is 7.07. The van der Waals surface area contributed by atoms with Crippen LogP contribution in [-0.2, 0) is 13.0 Å². The van der Waals surface area contributed by atoms with Gasteiger partial charge in [0.25, 0.3) is 0 Å². The molecule has 14 heavy (non-hydrogen) atoms. The molecule has 0 bridgehead atoms. The molecule has 0 aliphatic rings. The molecule has 0 aromatic carbocycles. The van der Waals surface area contributed by atoms with Gasteiger partial charge in [0.1, 0.15) is 0 Å². The number of thiophene rings is 1. The molecule has 0 saturated carbocycles. The summed E-state index contributed by atoms with van der Waals surface area (Å²) >= 11 is 3.14. The van der Waals surface area contributed by atoms with Gasteiger partial charge >= 0.3 is 0 Å². The molecule has 3 nitrogen and oxygen atoms in total. The third-order valence-corrected chi connectivity index (χ3v) is 3.17. The maximum absolute atomic E-state index is 3.96. The van der Waals surface area contributed by atoms with Crippen molar-refractivity contribution in [2.75, 3.05) is 6.54 Å². The van der Waals surface area contributed by atoms with E-state index >= 15 is 0 Å². The van der Waals surface area contributed by atoms with Crippen molar-refractivity contribution in [2.24, 2.45) is 0 Å². The Labute approximate surface area is 91.0 Å². The highest BCUT2D eigenvalue weighted by Gasteiger charge is 1.96. The minimum absolute atomic E-state index is 0.820. The average Bonchev–Trinajstić information content (AvgIpc) is 2.86. The fourth-order valence-corrected chi connectivity index (χ4v) is 2.30. The molecule has 1 N–H and O–H groups in total. The van der Waals surface area contributed by atoms with Gasteiger partial charge < -0.3 is 5.32 Å². The lowest BCUT2D eigenvalue weighted by molar-refractivity contribution is 0.673. The molecule has 2 aromatic heterocycles. The van der Waals surface area contributed by atoms with E-state index in [1.54, 1.807) is 11.3 Å². The minimum Gasteiger partial charge on any atom is -0.311 e. The Balaban J connectivity index is 1.65. The predicted octanol–water partition coefficient (Wildman–Crippen LogP) is 1.93. The monoisotopic (exact) mass is 225 g/mol. The molecule has 0 aliphatic heterocycles. The maximum Gasteiger partial charge on any atom is 0.0893 e. The van der Waals surface area contributed by atoms with Gasteiger partial charge in [0.15, 0.2) is 0 Å². The summed E-state index contributed by atoms with van der Waals surface area (Å²) in [6.45, 7) is 1.81. The zero-order valence-corrected chi connectivity index (χ0v) is 9.27. The van der Waals surface area contributed by atoms with Crippen molar-refractivity contribution < 1.29 is 0 Å². The van der Waals surface area contributed by atoms with Crippen LogP contribution < -0.4 is 5.32 Å². The van der Waals surface area contributed by atoms with Crippen molar-refractivity contribution in [1.29, 1.82) is 0 Å². The molecule has 0 fully saturated rings. The van der Waals surface area contributed by atoms with Crippen LogP contribution in [0.1, 0.15) is 11.3 Å². The Morgan fingerprint density at radius 3 is 3.07 bits per heavy atom. The van der Waals surface area contributed by atoms with Crippen LogP contribution >= 0.6 is 22.9 Å². The molecular weight excluding hydrogens is 214 g/mol. The van der Waals surface area contributed by atoms with Gasteiger partial charge in [-0.2, -0.15) is 11.3 Å². The molecule has 0 amide bonds. The second kappa shape index (κ2) is 5.19. The fraction of sp³-hybridized carbons (Fsp3) is 0.333. The minimum atomic E-state index is 0.820. The van der Waals surface area contributed by atoms with Gasteiger partial charge in [-0.15, -0.1) is 5.10 Å². The van der Waals surface area contributed by atoms with Crippen molar-refractivity contribution in [3.05, 3.63) is 33.5 Å². The van der Waals surface area contributed by atoms with Crippen LogP contribution in [0.5, 0.6) is 0 Å². The Morgan fingerprint density at radius 2 is 2.36 bits per heavy atom. The maximum atomic E-state index is 3.96. The molecule has 0 radical (unpaired) electrons. The van der Waals surface area contributed by atoms with Crippen molar-refractivity contribution in [3.63, 3.8) is 0 Å².